The third-order valence-electron chi connectivity index (χ3n) is 9.39. The Balaban J connectivity index is 1.32. The number of fused-ring (bicyclic) bond motifs is 1. The molecule has 0 spiro atoms. The Hall–Kier alpha value is -6.18. The number of aliphatic imine (C=N–C) groups is 1. The van der Waals surface area contributed by atoms with Crippen LogP contribution in [0.25, 0.3) is 22.0 Å². The Labute approximate surface area is 323 Å². The number of benzene rings is 2. The van der Waals surface area contributed by atoms with Crippen LogP contribution in [-0.4, -0.2) is 77.3 Å². The number of likely N-dealkylation sites (N-methyl/N-ethyl adjacent to an activating group) is 1. The van der Waals surface area contributed by atoms with Gasteiger partial charge in [0.05, 0.1) is 57.0 Å². The normalized spacial score (nSPS) is 13.4. The molecular weight excluding hydrogens is 722 g/mol. The highest BCUT2D eigenvalue weighted by Gasteiger charge is 2.28. The van der Waals surface area contributed by atoms with Gasteiger partial charge in [-0.2, -0.15) is 0 Å². The Morgan fingerprint density at radius 2 is 1.87 bits per heavy atom. The van der Waals surface area contributed by atoms with E-state index in [1.54, 1.807) is 59.7 Å². The van der Waals surface area contributed by atoms with Crippen molar-refractivity contribution in [3.63, 3.8) is 0 Å². The van der Waals surface area contributed by atoms with E-state index in [4.69, 9.17) is 21.1 Å². The molecule has 0 radical (unpaired) electrons. The smallest absolute Gasteiger partial charge is 0.368 e. The number of methoxy groups -OCH3 is 2. The molecule has 0 aliphatic carbocycles. The van der Waals surface area contributed by atoms with Crippen molar-refractivity contribution in [2.45, 2.75) is 25.8 Å². The van der Waals surface area contributed by atoms with Gasteiger partial charge in [0, 0.05) is 65.8 Å². The van der Waals surface area contributed by atoms with Crippen molar-refractivity contribution >= 4 is 46.0 Å². The number of ether oxygens (including phenoxy) is 2. The first kappa shape index (κ1) is 38.5. The zero-order valence-corrected chi connectivity index (χ0v) is 31.9. The van der Waals surface area contributed by atoms with E-state index in [9.17, 15) is 19.7 Å². The van der Waals surface area contributed by atoms with E-state index in [0.717, 1.165) is 16.8 Å². The first-order chi connectivity index (χ1) is 26.4. The Morgan fingerprint density at radius 1 is 1.09 bits per heavy atom. The van der Waals surface area contributed by atoms with Gasteiger partial charge in [0.2, 0.25) is 0 Å². The van der Waals surface area contributed by atoms with Crippen LogP contribution in [0.5, 0.6) is 11.5 Å². The van der Waals surface area contributed by atoms with Gasteiger partial charge in [0.15, 0.2) is 5.78 Å². The maximum Gasteiger partial charge on any atom is 0.368 e. The number of anilines is 2. The lowest BCUT2D eigenvalue weighted by Gasteiger charge is -2.28. The molecule has 1 aliphatic heterocycles. The van der Waals surface area contributed by atoms with Crippen molar-refractivity contribution < 1.29 is 23.7 Å². The van der Waals surface area contributed by atoms with E-state index in [-0.39, 0.29) is 28.6 Å². The van der Waals surface area contributed by atoms with Crippen LogP contribution in [0.2, 0.25) is 5.02 Å². The highest BCUT2D eigenvalue weighted by atomic mass is 35.5. The molecule has 0 saturated heterocycles. The van der Waals surface area contributed by atoms with Gasteiger partial charge in [-0.15, -0.1) is 0 Å². The molecule has 0 amide bonds. The molecular formula is C41H41ClN7O6+. The third kappa shape index (κ3) is 8.80. The summed E-state index contributed by atoms with van der Waals surface area (Å²) in [6, 6.07) is 17.7. The fraction of sp³-hybridized carbons (Fsp3) is 0.244. The van der Waals surface area contributed by atoms with Crippen LogP contribution >= 0.6 is 11.6 Å². The van der Waals surface area contributed by atoms with Crippen molar-refractivity contribution in [1.29, 1.82) is 0 Å². The van der Waals surface area contributed by atoms with Gasteiger partial charge in [0.25, 0.3) is 5.56 Å². The predicted octanol–water partition coefficient (Wildman–Crippen LogP) is 7.19. The number of allylic oxidation sites excluding steroid dienone is 1. The number of nitrogens with one attached hydrogen (secondary N) is 1. The maximum atomic E-state index is 14.7. The van der Waals surface area contributed by atoms with Crippen LogP contribution in [-0.2, 0) is 11.2 Å². The van der Waals surface area contributed by atoms with Crippen molar-refractivity contribution in [2.24, 2.45) is 4.99 Å². The summed E-state index contributed by atoms with van der Waals surface area (Å²) in [6.45, 7) is 2.88. The van der Waals surface area contributed by atoms with Crippen molar-refractivity contribution in [3.8, 4) is 22.6 Å². The number of carbonyl (C=O) groups excluding carboxylic acids is 1. The first-order valence-electron chi connectivity index (χ1n) is 17.5. The molecule has 6 rings (SSSR count). The lowest BCUT2D eigenvalue weighted by molar-refractivity contribution is -0.880. The minimum atomic E-state index is -0.487. The lowest BCUT2D eigenvalue weighted by Crippen LogP contribution is -2.41. The lowest BCUT2D eigenvalue weighted by atomic mass is 9.99. The molecule has 1 aliphatic rings. The molecule has 2 aromatic carbocycles. The monoisotopic (exact) mass is 762 g/mol. The zero-order chi connectivity index (χ0) is 39.3. The zero-order valence-electron chi connectivity index (χ0n) is 31.2. The molecule has 0 bridgehead atoms. The quantitative estimate of drug-likeness (QED) is 0.0506. The first-order valence-corrected chi connectivity index (χ1v) is 17.9. The number of ketones is 1. The van der Waals surface area contributed by atoms with Crippen LogP contribution in [0.1, 0.15) is 30.5 Å². The number of nitro groups is 1. The van der Waals surface area contributed by atoms with Crippen LogP contribution in [0.15, 0.2) is 113 Å². The van der Waals surface area contributed by atoms with E-state index in [1.807, 2.05) is 63.5 Å². The molecule has 1 atom stereocenters. The summed E-state index contributed by atoms with van der Waals surface area (Å²) in [5.74, 6) is 1.19. The minimum absolute atomic E-state index is 0.0922. The second kappa shape index (κ2) is 16.5. The summed E-state index contributed by atoms with van der Waals surface area (Å²) in [4.78, 5) is 51.4. The molecule has 0 fully saturated rings. The Bertz CT molecular complexity index is 2420. The van der Waals surface area contributed by atoms with E-state index in [2.05, 4.69) is 20.3 Å². The van der Waals surface area contributed by atoms with E-state index >= 15 is 0 Å². The van der Waals surface area contributed by atoms with Crippen molar-refractivity contribution in [1.82, 2.24) is 14.5 Å². The standard InChI is InChI=1S/C41H40ClN7O6/c1-26(28-9-6-8-27(18-28)19-32(50)10-7-17-49(2,3)25-29-11-16-44-40(29)48(52)53)47-36-23-38(46-31-12-14-43-15-13-31)45-24-30(36)20-35(41(47)51)34-21-33(54-4)22-37(55-5)39(34)42/h6-10,12-16,18,20-24,26H,11,17,19,25H2,1-5H3/p+1/b10-7+. The molecule has 0 saturated carbocycles. The van der Waals surface area contributed by atoms with Gasteiger partial charge in [-0.25, -0.2) is 4.98 Å². The van der Waals surface area contributed by atoms with Crippen molar-refractivity contribution in [3.05, 3.63) is 139 Å². The maximum absolute atomic E-state index is 14.7. The van der Waals surface area contributed by atoms with Gasteiger partial charge in [-0.05, 0) is 59.4 Å². The van der Waals surface area contributed by atoms with Gasteiger partial charge in [-0.1, -0.05) is 40.9 Å². The van der Waals surface area contributed by atoms with E-state index in [1.165, 1.54) is 14.2 Å². The summed E-state index contributed by atoms with van der Waals surface area (Å²) in [5.41, 5.74) is 4.18. The average Bonchev–Trinajstić information content (AvgIpc) is 3.63. The summed E-state index contributed by atoms with van der Waals surface area (Å²) < 4.78 is 13.2. The fourth-order valence-electron chi connectivity index (χ4n) is 6.65. The molecule has 3 aromatic heterocycles. The molecule has 13 nitrogen and oxygen atoms in total. The largest absolute Gasteiger partial charge is 0.497 e. The summed E-state index contributed by atoms with van der Waals surface area (Å²) in [7, 11) is 6.94. The molecule has 1 unspecified atom stereocenters. The van der Waals surface area contributed by atoms with Gasteiger partial charge >= 0.3 is 5.82 Å². The number of carbonyl (C=O) groups is 1. The molecule has 55 heavy (non-hydrogen) atoms. The molecule has 282 valence electrons. The number of quaternary nitrogens is 1. The fourth-order valence-corrected chi connectivity index (χ4v) is 6.94. The number of aromatic nitrogens is 3. The summed E-state index contributed by atoms with van der Waals surface area (Å²) in [5, 5.41) is 15.6. The van der Waals surface area contributed by atoms with Crippen LogP contribution in [0.4, 0.5) is 11.5 Å². The molecule has 5 aromatic rings. The molecule has 14 heteroatoms. The number of hydrogen-bond donors (Lipinski definition) is 1. The average molecular weight is 763 g/mol. The van der Waals surface area contributed by atoms with Gasteiger partial charge < -0.3 is 34.0 Å². The predicted molar refractivity (Wildman–Crippen MR) is 214 cm³/mol. The highest BCUT2D eigenvalue weighted by molar-refractivity contribution is 6.35. The number of hydrogen-bond acceptors (Lipinski definition) is 10. The number of pyridine rings is 3. The molecule has 1 N–H and O–H groups in total. The number of nitrogens with zero attached hydrogens (tertiary/aromatic N) is 6. The second-order valence-corrected chi connectivity index (χ2v) is 14.2. The van der Waals surface area contributed by atoms with Gasteiger partial charge in [0.1, 0.15) is 30.1 Å². The minimum Gasteiger partial charge on any atom is -0.497 e. The summed E-state index contributed by atoms with van der Waals surface area (Å²) >= 11 is 6.82. The summed E-state index contributed by atoms with van der Waals surface area (Å²) in [6.07, 6.45) is 10.6. The number of halogens is 1. The number of rotatable bonds is 15. The Morgan fingerprint density at radius 3 is 2.60 bits per heavy atom. The Kier molecular flexibility index (Phi) is 11.5. The van der Waals surface area contributed by atoms with Crippen molar-refractivity contribution in [2.75, 3.05) is 46.7 Å². The van der Waals surface area contributed by atoms with E-state index < -0.39 is 11.0 Å². The third-order valence-corrected chi connectivity index (χ3v) is 9.78. The van der Waals surface area contributed by atoms with Crippen LogP contribution in [0.3, 0.4) is 0 Å². The topological polar surface area (TPSA) is 151 Å². The highest BCUT2D eigenvalue weighted by Crippen LogP contribution is 2.39. The van der Waals surface area contributed by atoms with Gasteiger partial charge in [-0.3, -0.25) is 14.6 Å². The molecule has 4 heterocycles. The van der Waals surface area contributed by atoms with E-state index in [0.29, 0.717) is 68.9 Å². The van der Waals surface area contributed by atoms with Crippen LogP contribution in [0, 0.1) is 10.1 Å². The SMILES string of the molecule is COc1cc(OC)c(Cl)c(-c2cc3cnc(Nc4ccncc4)cc3n(C(C)c3cccc(CC(=O)/C=C/C[N+](C)(C)CC4=C([N+](=O)[O-])N=CC4)c3)c2=O)c1. The van der Waals surface area contributed by atoms with Crippen LogP contribution < -0.4 is 20.3 Å². The second-order valence-electron chi connectivity index (χ2n) is 13.9.